The SMILES string of the molecule is CC1CN(C)c2c(N3CCC(N)C3)c(F)c(NN)c3c(=O)c4c(=O)[nH]sc4n1c23. The minimum Gasteiger partial charge on any atom is -0.369 e. The van der Waals surface area contributed by atoms with Crippen molar-refractivity contribution >= 4 is 49.7 Å². The highest BCUT2D eigenvalue weighted by Gasteiger charge is 2.36. The quantitative estimate of drug-likeness (QED) is 0.359. The Hall–Kier alpha value is -2.63. The third kappa shape index (κ3) is 2.31. The van der Waals surface area contributed by atoms with Crippen LogP contribution in [0.25, 0.3) is 21.1 Å². The first-order valence-corrected chi connectivity index (χ1v) is 10.3. The van der Waals surface area contributed by atoms with Crippen LogP contribution in [0.3, 0.4) is 0 Å². The molecule has 0 saturated carbocycles. The Balaban J connectivity index is 2.05. The lowest BCUT2D eigenvalue weighted by atomic mass is 10.0. The molecule has 1 saturated heterocycles. The molecule has 2 aromatic heterocycles. The number of hydrogen-bond acceptors (Lipinski definition) is 8. The predicted molar refractivity (Wildman–Crippen MR) is 115 cm³/mol. The van der Waals surface area contributed by atoms with Crippen molar-refractivity contribution in [1.29, 1.82) is 0 Å². The Morgan fingerprint density at radius 2 is 2.00 bits per heavy atom. The first-order valence-electron chi connectivity index (χ1n) is 9.48. The highest BCUT2D eigenvalue weighted by atomic mass is 32.1. The molecule has 0 radical (unpaired) electrons. The van der Waals surface area contributed by atoms with E-state index in [4.69, 9.17) is 11.6 Å². The molecule has 5 rings (SSSR count). The number of nitrogen functional groups attached to an aromatic ring is 1. The van der Waals surface area contributed by atoms with Gasteiger partial charge in [-0.05, 0) is 24.9 Å². The number of halogens is 1. The zero-order valence-corrected chi connectivity index (χ0v) is 16.9. The number of aromatic amines is 1. The van der Waals surface area contributed by atoms with E-state index in [-0.39, 0.29) is 28.5 Å². The molecule has 2 unspecified atom stereocenters. The Morgan fingerprint density at radius 1 is 1.24 bits per heavy atom. The molecule has 29 heavy (non-hydrogen) atoms. The molecule has 1 fully saturated rings. The second kappa shape index (κ2) is 6.18. The Morgan fingerprint density at radius 3 is 2.66 bits per heavy atom. The van der Waals surface area contributed by atoms with Crippen LogP contribution in [0.15, 0.2) is 9.59 Å². The Kier molecular flexibility index (Phi) is 3.92. The molecule has 2 aliphatic rings. The molecule has 154 valence electrons. The molecule has 2 atom stereocenters. The molecular weight excluding hydrogens is 397 g/mol. The number of nitrogens with zero attached hydrogens (tertiary/aromatic N) is 3. The number of likely N-dealkylation sites (N-methyl/N-ethyl adjacent to an activating group) is 1. The van der Waals surface area contributed by atoms with Crippen LogP contribution in [0.4, 0.5) is 21.5 Å². The number of benzene rings is 1. The number of H-pyrrole nitrogens is 1. The summed E-state index contributed by atoms with van der Waals surface area (Å²) in [6, 6.07) is -0.0756. The molecule has 6 N–H and O–H groups in total. The third-order valence-electron chi connectivity index (χ3n) is 6.00. The number of hydrazine groups is 1. The summed E-state index contributed by atoms with van der Waals surface area (Å²) < 4.78 is 20.4. The van der Waals surface area contributed by atoms with Crippen molar-refractivity contribution in [3.8, 4) is 0 Å². The fourth-order valence-electron chi connectivity index (χ4n) is 4.79. The highest BCUT2D eigenvalue weighted by molar-refractivity contribution is 7.12. The summed E-state index contributed by atoms with van der Waals surface area (Å²) in [4.78, 5) is 30.1. The number of fused-ring (bicyclic) bond motifs is 2. The van der Waals surface area contributed by atoms with E-state index >= 15 is 4.39 Å². The van der Waals surface area contributed by atoms with Gasteiger partial charge in [0.25, 0.3) is 5.56 Å². The van der Waals surface area contributed by atoms with Crippen LogP contribution in [0, 0.1) is 5.82 Å². The molecular formula is C18H22FN7O2S. The standard InChI is InChI=1S/C18H22FN7O2S/c1-7-5-24(2)15-13-9(16(27)10-17(28)23-29-18(10)26(7)13)12(22-21)11(19)14(15)25-4-3-8(20)6-25/h7-8,22H,3-6,20-21H2,1-2H3,(H,23,28). The van der Waals surface area contributed by atoms with Gasteiger partial charge in [-0.2, -0.15) is 0 Å². The van der Waals surface area contributed by atoms with Crippen LogP contribution >= 0.6 is 11.5 Å². The van der Waals surface area contributed by atoms with Gasteiger partial charge in [-0.25, -0.2) is 4.39 Å². The molecule has 0 aliphatic carbocycles. The van der Waals surface area contributed by atoms with E-state index in [1.807, 2.05) is 28.3 Å². The topological polar surface area (TPSA) is 125 Å². The maximum Gasteiger partial charge on any atom is 0.271 e. The maximum atomic E-state index is 15.8. The number of aromatic nitrogens is 2. The van der Waals surface area contributed by atoms with Crippen LogP contribution < -0.4 is 37.8 Å². The number of nitrogens with one attached hydrogen (secondary N) is 2. The van der Waals surface area contributed by atoms with E-state index < -0.39 is 16.8 Å². The van der Waals surface area contributed by atoms with Gasteiger partial charge in [0, 0.05) is 38.8 Å². The third-order valence-corrected chi connectivity index (χ3v) is 6.89. The summed E-state index contributed by atoms with van der Waals surface area (Å²) in [7, 11) is 1.89. The van der Waals surface area contributed by atoms with Gasteiger partial charge in [0.2, 0.25) is 5.43 Å². The van der Waals surface area contributed by atoms with Crippen LogP contribution in [-0.4, -0.2) is 41.7 Å². The Labute approximate surface area is 168 Å². The van der Waals surface area contributed by atoms with Crippen molar-refractivity contribution in [2.24, 2.45) is 11.6 Å². The van der Waals surface area contributed by atoms with E-state index in [0.717, 1.165) is 18.0 Å². The van der Waals surface area contributed by atoms with Gasteiger partial charge in [0.1, 0.15) is 21.6 Å². The van der Waals surface area contributed by atoms with Crippen LogP contribution in [-0.2, 0) is 0 Å². The molecule has 11 heteroatoms. The summed E-state index contributed by atoms with van der Waals surface area (Å²) >= 11 is 1.13. The molecule has 4 heterocycles. The summed E-state index contributed by atoms with van der Waals surface area (Å²) in [5.41, 5.74) is 9.00. The van der Waals surface area contributed by atoms with Crippen molar-refractivity contribution in [2.75, 3.05) is 41.9 Å². The van der Waals surface area contributed by atoms with Crippen LogP contribution in [0.2, 0.25) is 0 Å². The largest absolute Gasteiger partial charge is 0.369 e. The molecule has 0 bridgehead atoms. The molecule has 3 aromatic rings. The lowest BCUT2D eigenvalue weighted by Gasteiger charge is -2.38. The summed E-state index contributed by atoms with van der Waals surface area (Å²) in [5.74, 6) is 5.09. The summed E-state index contributed by atoms with van der Waals surface area (Å²) in [6.07, 6.45) is 0.758. The normalized spacial score (nSPS) is 21.6. The number of pyridine rings is 1. The molecule has 9 nitrogen and oxygen atoms in total. The van der Waals surface area contributed by atoms with Gasteiger partial charge < -0.3 is 25.5 Å². The van der Waals surface area contributed by atoms with Crippen molar-refractivity contribution < 1.29 is 4.39 Å². The number of rotatable bonds is 2. The number of nitrogens with two attached hydrogens (primary N) is 2. The fourth-order valence-corrected chi connectivity index (χ4v) is 5.74. The van der Waals surface area contributed by atoms with Gasteiger partial charge in [0.15, 0.2) is 5.82 Å². The minimum absolute atomic E-state index is 0.0330. The monoisotopic (exact) mass is 419 g/mol. The van der Waals surface area contributed by atoms with Gasteiger partial charge >= 0.3 is 0 Å². The van der Waals surface area contributed by atoms with E-state index in [9.17, 15) is 9.59 Å². The van der Waals surface area contributed by atoms with Gasteiger partial charge in [-0.1, -0.05) is 0 Å². The molecule has 1 aromatic carbocycles. The first-order chi connectivity index (χ1) is 13.8. The molecule has 2 aliphatic heterocycles. The van der Waals surface area contributed by atoms with Gasteiger partial charge in [0.05, 0.1) is 16.6 Å². The minimum atomic E-state index is -0.597. The van der Waals surface area contributed by atoms with Crippen molar-refractivity contribution in [3.63, 3.8) is 0 Å². The second-order valence-corrected chi connectivity index (χ2v) is 8.69. The van der Waals surface area contributed by atoms with Crippen molar-refractivity contribution in [2.45, 2.75) is 25.4 Å². The average Bonchev–Trinajstić information content (AvgIpc) is 3.26. The van der Waals surface area contributed by atoms with Crippen LogP contribution in [0.5, 0.6) is 0 Å². The molecule has 0 spiro atoms. The van der Waals surface area contributed by atoms with Crippen molar-refractivity contribution in [3.05, 3.63) is 26.4 Å². The average molecular weight is 419 g/mol. The number of hydrogen-bond donors (Lipinski definition) is 4. The zero-order valence-electron chi connectivity index (χ0n) is 16.1. The van der Waals surface area contributed by atoms with E-state index in [2.05, 4.69) is 9.80 Å². The van der Waals surface area contributed by atoms with Gasteiger partial charge in [-0.15, -0.1) is 0 Å². The smallest absolute Gasteiger partial charge is 0.271 e. The predicted octanol–water partition coefficient (Wildman–Crippen LogP) is 0.877. The maximum absolute atomic E-state index is 15.8. The lowest BCUT2D eigenvalue weighted by molar-refractivity contribution is 0.557. The van der Waals surface area contributed by atoms with E-state index in [0.29, 0.717) is 41.4 Å². The lowest BCUT2D eigenvalue weighted by Crippen LogP contribution is -2.36. The summed E-state index contributed by atoms with van der Waals surface area (Å²) in [5, 5.41) is 0.138. The zero-order chi connectivity index (χ0) is 20.6. The van der Waals surface area contributed by atoms with E-state index in [1.165, 1.54) is 0 Å². The fraction of sp³-hybridized carbons (Fsp3) is 0.444. The Bertz CT molecular complexity index is 1280. The highest BCUT2D eigenvalue weighted by Crippen LogP contribution is 2.47. The van der Waals surface area contributed by atoms with Crippen molar-refractivity contribution in [1.82, 2.24) is 8.94 Å². The summed E-state index contributed by atoms with van der Waals surface area (Å²) in [6.45, 7) is 3.76. The molecule has 0 amide bonds. The van der Waals surface area contributed by atoms with Crippen LogP contribution in [0.1, 0.15) is 19.4 Å². The number of anilines is 3. The van der Waals surface area contributed by atoms with Gasteiger partial charge in [-0.3, -0.25) is 19.8 Å². The second-order valence-electron chi connectivity index (χ2n) is 7.89. The first kappa shape index (κ1) is 18.4. The van der Waals surface area contributed by atoms with E-state index in [1.54, 1.807) is 0 Å².